The standard InChI is InChI=1S/C46H53N/c1-2-7-27-46(28-8-3-1,39-9-5-4-6-10-39)40-19-25-43(26-20-40)47(41-21-15-35(16-22-41)44-31-33-11-13-37(44)29-33)42-23-17-36(18-24-42)45-32-34-12-14-38(45)30-34/h4-6,9-10,15-26,33-34,37-38,44-45H,1-3,7-8,11-14,27-32H2. The van der Waals surface area contributed by atoms with Crippen molar-refractivity contribution in [3.05, 3.63) is 125 Å². The van der Waals surface area contributed by atoms with Crippen LogP contribution in [-0.4, -0.2) is 0 Å². The molecule has 0 heterocycles. The summed E-state index contributed by atoms with van der Waals surface area (Å²) in [5, 5.41) is 0. The molecule has 1 nitrogen and oxygen atoms in total. The van der Waals surface area contributed by atoms with Gasteiger partial charge in [0.2, 0.25) is 0 Å². The average molecular weight is 620 g/mol. The maximum absolute atomic E-state index is 2.52. The molecule has 47 heavy (non-hydrogen) atoms. The lowest BCUT2D eigenvalue weighted by Crippen LogP contribution is -2.29. The average Bonchev–Trinajstić information content (AvgIpc) is 3.94. The van der Waals surface area contributed by atoms with Crippen LogP contribution in [0.25, 0.3) is 0 Å². The molecule has 0 spiro atoms. The van der Waals surface area contributed by atoms with Gasteiger partial charge in [0.05, 0.1) is 0 Å². The van der Waals surface area contributed by atoms with E-state index < -0.39 is 0 Å². The zero-order valence-corrected chi connectivity index (χ0v) is 28.3. The van der Waals surface area contributed by atoms with Gasteiger partial charge in [-0.25, -0.2) is 0 Å². The third-order valence-corrected chi connectivity index (χ3v) is 13.8. The van der Waals surface area contributed by atoms with Crippen molar-refractivity contribution in [3.8, 4) is 0 Å². The summed E-state index contributed by atoms with van der Waals surface area (Å²) < 4.78 is 0. The van der Waals surface area contributed by atoms with Gasteiger partial charge >= 0.3 is 0 Å². The van der Waals surface area contributed by atoms with Crippen molar-refractivity contribution in [2.24, 2.45) is 23.7 Å². The highest BCUT2D eigenvalue weighted by Gasteiger charge is 2.41. The van der Waals surface area contributed by atoms with E-state index in [-0.39, 0.29) is 5.41 Å². The van der Waals surface area contributed by atoms with Crippen molar-refractivity contribution >= 4 is 17.1 Å². The normalized spacial score (nSPS) is 29.4. The van der Waals surface area contributed by atoms with E-state index in [0.717, 1.165) is 35.5 Å². The summed E-state index contributed by atoms with van der Waals surface area (Å²) in [7, 11) is 0. The van der Waals surface area contributed by atoms with E-state index in [1.165, 1.54) is 125 Å². The SMILES string of the molecule is c1ccc(C2(c3ccc(N(c4ccc(C5CC6CCC5C6)cc4)c4ccc(C5CC6CCC5C6)cc4)cc3)CCCCCCC2)cc1. The second kappa shape index (κ2) is 12.6. The van der Waals surface area contributed by atoms with Gasteiger partial charge in [-0.3, -0.25) is 0 Å². The molecule has 0 amide bonds. The fourth-order valence-electron chi connectivity index (χ4n) is 11.4. The summed E-state index contributed by atoms with van der Waals surface area (Å²) >= 11 is 0. The molecule has 4 bridgehead atoms. The van der Waals surface area contributed by atoms with Crippen molar-refractivity contribution in [2.45, 2.75) is 114 Å². The third kappa shape index (κ3) is 5.56. The number of anilines is 3. The molecule has 5 saturated carbocycles. The molecule has 0 aliphatic heterocycles. The van der Waals surface area contributed by atoms with Crippen LogP contribution in [0.1, 0.15) is 130 Å². The largest absolute Gasteiger partial charge is 0.311 e. The van der Waals surface area contributed by atoms with Crippen LogP contribution in [0.5, 0.6) is 0 Å². The molecule has 0 N–H and O–H groups in total. The molecule has 4 aromatic carbocycles. The van der Waals surface area contributed by atoms with Gasteiger partial charge in [-0.1, -0.05) is 112 Å². The Hall–Kier alpha value is -3.32. The first-order chi connectivity index (χ1) is 23.2. The van der Waals surface area contributed by atoms with E-state index in [1.807, 2.05) is 0 Å². The Labute approximate surface area is 283 Å². The van der Waals surface area contributed by atoms with Crippen LogP contribution < -0.4 is 4.90 Å². The van der Waals surface area contributed by atoms with Gasteiger partial charge in [0.15, 0.2) is 0 Å². The number of fused-ring (bicyclic) bond motifs is 4. The lowest BCUT2D eigenvalue weighted by atomic mass is 9.67. The number of rotatable bonds is 7. The van der Waals surface area contributed by atoms with Gasteiger partial charge in [0, 0.05) is 22.5 Å². The number of hydrogen-bond donors (Lipinski definition) is 0. The zero-order valence-electron chi connectivity index (χ0n) is 28.3. The van der Waals surface area contributed by atoms with Crippen LogP contribution in [0.2, 0.25) is 0 Å². The highest BCUT2D eigenvalue weighted by molar-refractivity contribution is 5.77. The molecule has 242 valence electrons. The molecule has 6 atom stereocenters. The van der Waals surface area contributed by atoms with E-state index in [2.05, 4.69) is 108 Å². The summed E-state index contributed by atoms with van der Waals surface area (Å²) in [5.74, 6) is 5.33. The topological polar surface area (TPSA) is 3.24 Å². The van der Waals surface area contributed by atoms with Crippen molar-refractivity contribution in [2.75, 3.05) is 4.90 Å². The highest BCUT2D eigenvalue weighted by Crippen LogP contribution is 2.54. The van der Waals surface area contributed by atoms with Crippen LogP contribution in [0.15, 0.2) is 103 Å². The quantitative estimate of drug-likeness (QED) is 0.199. The third-order valence-electron chi connectivity index (χ3n) is 13.8. The monoisotopic (exact) mass is 619 g/mol. The Kier molecular flexibility index (Phi) is 7.99. The van der Waals surface area contributed by atoms with Crippen LogP contribution in [0, 0.1) is 23.7 Å². The predicted molar refractivity (Wildman–Crippen MR) is 197 cm³/mol. The number of hydrogen-bond acceptors (Lipinski definition) is 1. The van der Waals surface area contributed by atoms with Gasteiger partial charge in [-0.2, -0.15) is 0 Å². The maximum Gasteiger partial charge on any atom is 0.0461 e. The second-order valence-corrected chi connectivity index (χ2v) is 16.3. The first-order valence-electron chi connectivity index (χ1n) is 19.4. The van der Waals surface area contributed by atoms with Crippen LogP contribution in [0.3, 0.4) is 0 Å². The van der Waals surface area contributed by atoms with Crippen molar-refractivity contribution < 1.29 is 0 Å². The van der Waals surface area contributed by atoms with Gasteiger partial charge in [-0.05, 0) is 146 Å². The van der Waals surface area contributed by atoms with Gasteiger partial charge in [-0.15, -0.1) is 0 Å². The van der Waals surface area contributed by atoms with Gasteiger partial charge in [0.1, 0.15) is 0 Å². The molecular weight excluding hydrogens is 567 g/mol. The molecule has 5 fully saturated rings. The minimum atomic E-state index is 0.107. The van der Waals surface area contributed by atoms with E-state index in [0.29, 0.717) is 0 Å². The lowest BCUT2D eigenvalue weighted by molar-refractivity contribution is 0.366. The Morgan fingerprint density at radius 3 is 1.32 bits per heavy atom. The molecule has 5 aliphatic carbocycles. The molecule has 5 aliphatic rings. The van der Waals surface area contributed by atoms with Crippen molar-refractivity contribution in [3.63, 3.8) is 0 Å². The maximum atomic E-state index is 2.52. The minimum absolute atomic E-state index is 0.107. The van der Waals surface area contributed by atoms with E-state index in [4.69, 9.17) is 0 Å². The Morgan fingerprint density at radius 2 is 0.872 bits per heavy atom. The molecule has 4 aromatic rings. The lowest BCUT2D eigenvalue weighted by Gasteiger charge is -2.37. The van der Waals surface area contributed by atoms with Gasteiger partial charge < -0.3 is 4.90 Å². The summed E-state index contributed by atoms with van der Waals surface area (Å²) in [6.45, 7) is 0. The minimum Gasteiger partial charge on any atom is -0.311 e. The summed E-state index contributed by atoms with van der Waals surface area (Å²) in [6, 6.07) is 40.7. The van der Waals surface area contributed by atoms with E-state index >= 15 is 0 Å². The van der Waals surface area contributed by atoms with Crippen molar-refractivity contribution in [1.82, 2.24) is 0 Å². The molecule has 0 radical (unpaired) electrons. The fourth-order valence-corrected chi connectivity index (χ4v) is 11.4. The van der Waals surface area contributed by atoms with Crippen LogP contribution >= 0.6 is 0 Å². The number of nitrogens with zero attached hydrogens (tertiary/aromatic N) is 1. The summed E-state index contributed by atoms with van der Waals surface area (Å²) in [6.07, 6.45) is 20.8. The zero-order chi connectivity index (χ0) is 31.2. The first-order valence-corrected chi connectivity index (χ1v) is 19.4. The van der Waals surface area contributed by atoms with E-state index in [9.17, 15) is 0 Å². The Morgan fingerprint density at radius 1 is 0.426 bits per heavy atom. The van der Waals surface area contributed by atoms with Gasteiger partial charge in [0.25, 0.3) is 0 Å². The Balaban J connectivity index is 1.06. The molecular formula is C46H53N. The van der Waals surface area contributed by atoms with Crippen LogP contribution in [-0.2, 0) is 5.41 Å². The summed E-state index contributed by atoms with van der Waals surface area (Å²) in [5.41, 5.74) is 10.1. The smallest absolute Gasteiger partial charge is 0.0461 e. The second-order valence-electron chi connectivity index (χ2n) is 16.3. The predicted octanol–water partition coefficient (Wildman–Crippen LogP) is 13.0. The number of benzene rings is 4. The fraction of sp³-hybridized carbons (Fsp3) is 0.478. The molecule has 0 saturated heterocycles. The van der Waals surface area contributed by atoms with Crippen molar-refractivity contribution in [1.29, 1.82) is 0 Å². The summed E-state index contributed by atoms with van der Waals surface area (Å²) in [4.78, 5) is 2.52. The molecule has 0 aromatic heterocycles. The molecule has 9 rings (SSSR count). The van der Waals surface area contributed by atoms with Crippen LogP contribution in [0.4, 0.5) is 17.1 Å². The molecule has 6 unspecified atom stereocenters. The highest BCUT2D eigenvalue weighted by atomic mass is 15.1. The Bertz CT molecular complexity index is 1560. The van der Waals surface area contributed by atoms with E-state index in [1.54, 1.807) is 11.1 Å². The molecule has 1 heteroatoms. The first kappa shape index (κ1) is 29.8.